The Bertz CT molecular complexity index is 1640. The molecule has 184 valence electrons. The van der Waals surface area contributed by atoms with Gasteiger partial charge in [-0.3, -0.25) is 9.35 Å². The number of ether oxygens (including phenoxy) is 1. The number of rotatable bonds is 6. The molecule has 0 heterocycles. The predicted molar refractivity (Wildman–Crippen MR) is 137 cm³/mol. The lowest BCUT2D eigenvalue weighted by molar-refractivity contribution is 0.102. The number of anilines is 1. The molecule has 0 aliphatic heterocycles. The van der Waals surface area contributed by atoms with Gasteiger partial charge in [0.1, 0.15) is 17.1 Å². The number of hydrogen-bond acceptors (Lipinski definition) is 7. The Morgan fingerprint density at radius 1 is 1.03 bits per heavy atom. The van der Waals surface area contributed by atoms with Crippen LogP contribution in [0.3, 0.4) is 0 Å². The van der Waals surface area contributed by atoms with Gasteiger partial charge < -0.3 is 15.2 Å². The van der Waals surface area contributed by atoms with Crippen molar-refractivity contribution in [2.24, 2.45) is 10.2 Å². The summed E-state index contributed by atoms with van der Waals surface area (Å²) in [6.45, 7) is 1.47. The summed E-state index contributed by atoms with van der Waals surface area (Å²) >= 11 is 6.16. The van der Waals surface area contributed by atoms with Crippen LogP contribution in [0.15, 0.2) is 81.9 Å². The van der Waals surface area contributed by atoms with Crippen LogP contribution in [0.2, 0.25) is 5.02 Å². The molecular formula is C25H20ClN3O6S. The second-order valence-electron chi connectivity index (χ2n) is 7.77. The van der Waals surface area contributed by atoms with Crippen LogP contribution in [0.5, 0.6) is 11.5 Å². The molecule has 36 heavy (non-hydrogen) atoms. The number of phenolic OH excluding ortho intramolecular Hbond substituents is 1. The standard InChI is InChI=1S/C25H20ClN3O6S/c1-14-10-21(20(26)13-22(14)36(32,33)34)28-29-23-18-9-4-3-6-15(18)11-19(24(23)30)25(31)27-16-7-5-8-17(12-16)35-2/h3-13,30H,1-2H3,(H,27,31)(H,32,33,34). The maximum Gasteiger partial charge on any atom is 0.294 e. The molecule has 0 aliphatic rings. The van der Waals surface area contributed by atoms with Crippen LogP contribution in [0.1, 0.15) is 15.9 Å². The summed E-state index contributed by atoms with van der Waals surface area (Å²) in [5.41, 5.74) is 0.773. The molecule has 0 aliphatic carbocycles. The van der Waals surface area contributed by atoms with Crippen molar-refractivity contribution in [2.45, 2.75) is 11.8 Å². The smallest absolute Gasteiger partial charge is 0.294 e. The number of halogens is 1. The zero-order valence-electron chi connectivity index (χ0n) is 19.1. The molecule has 9 nitrogen and oxygen atoms in total. The number of aromatic hydroxyl groups is 1. The highest BCUT2D eigenvalue weighted by Gasteiger charge is 2.20. The van der Waals surface area contributed by atoms with E-state index in [-0.39, 0.29) is 32.4 Å². The lowest BCUT2D eigenvalue weighted by Crippen LogP contribution is -2.12. The summed E-state index contributed by atoms with van der Waals surface area (Å²) in [5.74, 6) is -0.424. The Morgan fingerprint density at radius 3 is 2.50 bits per heavy atom. The molecule has 0 radical (unpaired) electrons. The number of methoxy groups -OCH3 is 1. The lowest BCUT2D eigenvalue weighted by Gasteiger charge is -2.12. The minimum atomic E-state index is -4.47. The first kappa shape index (κ1) is 25.1. The number of fused-ring (bicyclic) bond motifs is 1. The summed E-state index contributed by atoms with van der Waals surface area (Å²) in [4.78, 5) is 12.7. The molecule has 0 saturated heterocycles. The van der Waals surface area contributed by atoms with E-state index in [0.29, 0.717) is 22.2 Å². The van der Waals surface area contributed by atoms with Crippen molar-refractivity contribution in [2.75, 3.05) is 12.4 Å². The Kier molecular flexibility index (Phi) is 6.93. The van der Waals surface area contributed by atoms with E-state index in [4.69, 9.17) is 16.3 Å². The number of nitrogens with one attached hydrogen (secondary N) is 1. The molecule has 0 bridgehead atoms. The normalized spacial score (nSPS) is 11.7. The van der Waals surface area contributed by atoms with Crippen LogP contribution in [-0.4, -0.2) is 31.1 Å². The Morgan fingerprint density at radius 2 is 1.78 bits per heavy atom. The average molecular weight is 526 g/mol. The molecule has 4 aromatic carbocycles. The van der Waals surface area contributed by atoms with Gasteiger partial charge in [0, 0.05) is 17.1 Å². The van der Waals surface area contributed by atoms with Crippen molar-refractivity contribution >= 4 is 55.5 Å². The van der Waals surface area contributed by atoms with Crippen LogP contribution in [0.4, 0.5) is 17.1 Å². The number of carbonyl (C=O) groups is 1. The topological polar surface area (TPSA) is 138 Å². The van der Waals surface area contributed by atoms with Gasteiger partial charge in [0.15, 0.2) is 5.75 Å². The van der Waals surface area contributed by atoms with E-state index in [9.17, 15) is 22.9 Å². The number of nitrogens with zero attached hydrogens (tertiary/aromatic N) is 2. The molecule has 4 aromatic rings. The Hall–Kier alpha value is -3.99. The molecular weight excluding hydrogens is 506 g/mol. The zero-order chi connectivity index (χ0) is 26.0. The highest BCUT2D eigenvalue weighted by Crippen LogP contribution is 2.40. The highest BCUT2D eigenvalue weighted by atomic mass is 35.5. The number of carbonyl (C=O) groups excluding carboxylic acids is 1. The van der Waals surface area contributed by atoms with Gasteiger partial charge in [0.2, 0.25) is 0 Å². The second-order valence-corrected chi connectivity index (χ2v) is 9.57. The van der Waals surface area contributed by atoms with Crippen LogP contribution >= 0.6 is 11.6 Å². The van der Waals surface area contributed by atoms with Gasteiger partial charge in [-0.1, -0.05) is 41.9 Å². The van der Waals surface area contributed by atoms with Crippen LogP contribution < -0.4 is 10.1 Å². The number of benzene rings is 4. The average Bonchev–Trinajstić information content (AvgIpc) is 2.84. The fourth-order valence-corrected chi connectivity index (χ4v) is 4.60. The number of amides is 1. The Balaban J connectivity index is 1.78. The van der Waals surface area contributed by atoms with Gasteiger partial charge in [0.25, 0.3) is 16.0 Å². The summed E-state index contributed by atoms with van der Waals surface area (Å²) in [5, 5.41) is 23.0. The molecule has 3 N–H and O–H groups in total. The first-order chi connectivity index (χ1) is 17.1. The highest BCUT2D eigenvalue weighted by molar-refractivity contribution is 7.85. The monoisotopic (exact) mass is 525 g/mol. The van der Waals surface area contributed by atoms with E-state index in [2.05, 4.69) is 15.5 Å². The molecule has 0 spiro atoms. The second kappa shape index (κ2) is 9.94. The van der Waals surface area contributed by atoms with Crippen molar-refractivity contribution in [1.82, 2.24) is 0 Å². The third-order valence-corrected chi connectivity index (χ3v) is 6.65. The molecule has 0 unspecified atom stereocenters. The lowest BCUT2D eigenvalue weighted by atomic mass is 10.0. The fourth-order valence-electron chi connectivity index (χ4n) is 3.60. The van der Waals surface area contributed by atoms with E-state index in [1.165, 1.54) is 26.2 Å². The quantitative estimate of drug-likeness (QED) is 0.196. The molecule has 0 fully saturated rings. The largest absolute Gasteiger partial charge is 0.505 e. The van der Waals surface area contributed by atoms with E-state index < -0.39 is 21.8 Å². The molecule has 0 atom stereocenters. The number of aryl methyl sites for hydroxylation is 1. The van der Waals surface area contributed by atoms with E-state index in [1.807, 2.05) is 0 Å². The molecule has 0 aromatic heterocycles. The Labute approximate surface area is 211 Å². The van der Waals surface area contributed by atoms with E-state index in [0.717, 1.165) is 6.07 Å². The van der Waals surface area contributed by atoms with Crippen molar-refractivity contribution in [1.29, 1.82) is 0 Å². The molecule has 4 rings (SSSR count). The van der Waals surface area contributed by atoms with Crippen molar-refractivity contribution in [3.63, 3.8) is 0 Å². The van der Waals surface area contributed by atoms with Crippen LogP contribution in [-0.2, 0) is 10.1 Å². The third kappa shape index (κ3) is 5.15. The fraction of sp³-hybridized carbons (Fsp3) is 0.0800. The number of phenols is 1. The van der Waals surface area contributed by atoms with Gasteiger partial charge in [-0.25, -0.2) is 0 Å². The number of hydrogen-bond donors (Lipinski definition) is 3. The van der Waals surface area contributed by atoms with Gasteiger partial charge in [-0.2, -0.15) is 8.42 Å². The van der Waals surface area contributed by atoms with Crippen LogP contribution in [0, 0.1) is 6.92 Å². The zero-order valence-corrected chi connectivity index (χ0v) is 20.6. The van der Waals surface area contributed by atoms with Gasteiger partial charge in [0.05, 0.1) is 22.6 Å². The maximum absolute atomic E-state index is 13.0. The maximum atomic E-state index is 13.0. The summed E-state index contributed by atoms with van der Waals surface area (Å²) in [6.07, 6.45) is 0. The first-order valence-electron chi connectivity index (χ1n) is 10.5. The first-order valence-corrected chi connectivity index (χ1v) is 12.3. The minimum absolute atomic E-state index is 0.0245. The van der Waals surface area contributed by atoms with E-state index in [1.54, 1.807) is 48.5 Å². The van der Waals surface area contributed by atoms with Crippen LogP contribution in [0.25, 0.3) is 10.8 Å². The van der Waals surface area contributed by atoms with Crippen molar-refractivity contribution < 1.29 is 27.6 Å². The summed E-state index contributed by atoms with van der Waals surface area (Å²) in [6, 6.07) is 17.7. The molecule has 1 amide bonds. The summed E-state index contributed by atoms with van der Waals surface area (Å²) in [7, 11) is -2.96. The van der Waals surface area contributed by atoms with Gasteiger partial charge >= 0.3 is 0 Å². The third-order valence-electron chi connectivity index (χ3n) is 5.35. The molecule has 11 heteroatoms. The SMILES string of the molecule is COc1cccc(NC(=O)c2cc3ccccc3c(N=Nc3cc(C)c(S(=O)(=O)O)cc3Cl)c2O)c1. The van der Waals surface area contributed by atoms with Gasteiger partial charge in [-0.15, -0.1) is 10.2 Å². The minimum Gasteiger partial charge on any atom is -0.505 e. The van der Waals surface area contributed by atoms with E-state index >= 15 is 0 Å². The summed E-state index contributed by atoms with van der Waals surface area (Å²) < 4.78 is 37.6. The van der Waals surface area contributed by atoms with Crippen molar-refractivity contribution in [3.8, 4) is 11.5 Å². The predicted octanol–water partition coefficient (Wildman–Crippen LogP) is 6.43. The van der Waals surface area contributed by atoms with Crippen molar-refractivity contribution in [3.05, 3.63) is 82.9 Å². The molecule has 0 saturated carbocycles. The van der Waals surface area contributed by atoms with Gasteiger partial charge in [-0.05, 0) is 48.2 Å². The number of azo groups is 1.